The van der Waals surface area contributed by atoms with Crippen molar-refractivity contribution >= 4 is 21.7 Å². The van der Waals surface area contributed by atoms with E-state index in [4.69, 9.17) is 5.73 Å². The standard InChI is InChI=1S/C8H14N4O2S/c1-11(2)15(13,14)12(3)8-5-4-7(9)6-10-8/h4-6H,9H2,1-3H3. The van der Waals surface area contributed by atoms with Gasteiger partial charge in [-0.15, -0.1) is 0 Å². The van der Waals surface area contributed by atoms with E-state index >= 15 is 0 Å². The van der Waals surface area contributed by atoms with Gasteiger partial charge in [0.1, 0.15) is 5.82 Å². The van der Waals surface area contributed by atoms with Gasteiger partial charge in [0.2, 0.25) is 0 Å². The molecule has 84 valence electrons. The highest BCUT2D eigenvalue weighted by Crippen LogP contribution is 2.14. The van der Waals surface area contributed by atoms with E-state index in [0.717, 1.165) is 8.61 Å². The molecule has 7 heteroatoms. The highest BCUT2D eigenvalue weighted by atomic mass is 32.2. The molecular formula is C8H14N4O2S. The lowest BCUT2D eigenvalue weighted by Gasteiger charge is -2.22. The van der Waals surface area contributed by atoms with Gasteiger partial charge in [-0.05, 0) is 12.1 Å². The molecule has 6 nitrogen and oxygen atoms in total. The summed E-state index contributed by atoms with van der Waals surface area (Å²) in [6.45, 7) is 0. The van der Waals surface area contributed by atoms with Crippen LogP contribution in [0.15, 0.2) is 18.3 Å². The first kappa shape index (κ1) is 11.7. The number of hydrogen-bond donors (Lipinski definition) is 1. The summed E-state index contributed by atoms with van der Waals surface area (Å²) >= 11 is 0. The lowest BCUT2D eigenvalue weighted by molar-refractivity contribution is 0.518. The fourth-order valence-corrected chi connectivity index (χ4v) is 1.78. The van der Waals surface area contributed by atoms with Gasteiger partial charge in [0.25, 0.3) is 0 Å². The third-order valence-electron chi connectivity index (χ3n) is 1.90. The largest absolute Gasteiger partial charge is 0.397 e. The van der Waals surface area contributed by atoms with Crippen LogP contribution in [0.2, 0.25) is 0 Å². The molecule has 0 aliphatic rings. The van der Waals surface area contributed by atoms with E-state index in [0.29, 0.717) is 11.5 Å². The van der Waals surface area contributed by atoms with Gasteiger partial charge >= 0.3 is 10.2 Å². The minimum Gasteiger partial charge on any atom is -0.397 e. The molecule has 0 saturated carbocycles. The first-order chi connectivity index (χ1) is 6.85. The number of aromatic nitrogens is 1. The number of nitrogens with zero attached hydrogens (tertiary/aromatic N) is 3. The van der Waals surface area contributed by atoms with Crippen LogP contribution in [-0.2, 0) is 10.2 Å². The molecule has 1 aromatic rings. The van der Waals surface area contributed by atoms with Gasteiger partial charge in [-0.2, -0.15) is 12.7 Å². The lowest BCUT2D eigenvalue weighted by atomic mass is 10.4. The maximum Gasteiger partial charge on any atom is 0.304 e. The van der Waals surface area contributed by atoms with Crippen LogP contribution in [0, 0.1) is 0 Å². The highest BCUT2D eigenvalue weighted by Gasteiger charge is 2.21. The summed E-state index contributed by atoms with van der Waals surface area (Å²) in [5.41, 5.74) is 5.95. The molecule has 0 bridgehead atoms. The molecule has 2 N–H and O–H groups in total. The summed E-state index contributed by atoms with van der Waals surface area (Å²) in [7, 11) is 0.882. The fourth-order valence-electron chi connectivity index (χ4n) is 0.947. The van der Waals surface area contributed by atoms with Crippen molar-refractivity contribution in [3.05, 3.63) is 18.3 Å². The average Bonchev–Trinajstić information content (AvgIpc) is 2.17. The van der Waals surface area contributed by atoms with E-state index in [1.165, 1.54) is 27.3 Å². The zero-order chi connectivity index (χ0) is 11.6. The van der Waals surface area contributed by atoms with E-state index in [1.54, 1.807) is 12.1 Å². The second kappa shape index (κ2) is 4.03. The van der Waals surface area contributed by atoms with Crippen molar-refractivity contribution in [1.82, 2.24) is 9.29 Å². The Hall–Kier alpha value is -1.34. The van der Waals surface area contributed by atoms with Crippen LogP contribution in [0.25, 0.3) is 0 Å². The van der Waals surface area contributed by atoms with Gasteiger partial charge in [0, 0.05) is 21.1 Å². The maximum atomic E-state index is 11.7. The smallest absolute Gasteiger partial charge is 0.304 e. The number of hydrogen-bond acceptors (Lipinski definition) is 4. The number of anilines is 2. The fraction of sp³-hybridized carbons (Fsp3) is 0.375. The molecule has 0 aromatic carbocycles. The van der Waals surface area contributed by atoms with Crippen molar-refractivity contribution in [2.24, 2.45) is 0 Å². The predicted octanol–water partition coefficient (Wildman–Crippen LogP) is -0.0936. The third-order valence-corrected chi connectivity index (χ3v) is 3.70. The first-order valence-electron chi connectivity index (χ1n) is 4.23. The van der Waals surface area contributed by atoms with Gasteiger partial charge in [0.05, 0.1) is 11.9 Å². The zero-order valence-electron chi connectivity index (χ0n) is 8.88. The second-order valence-electron chi connectivity index (χ2n) is 3.21. The molecule has 0 atom stereocenters. The SMILES string of the molecule is CN(C)S(=O)(=O)N(C)c1ccc(N)cn1. The Bertz CT molecular complexity index is 426. The molecule has 0 radical (unpaired) electrons. The Kier molecular flexibility index (Phi) is 3.15. The molecule has 0 amide bonds. The van der Waals surface area contributed by atoms with Crippen LogP contribution >= 0.6 is 0 Å². The van der Waals surface area contributed by atoms with Crippen molar-refractivity contribution in [3.8, 4) is 0 Å². The van der Waals surface area contributed by atoms with Crippen LogP contribution in [0.4, 0.5) is 11.5 Å². The average molecular weight is 230 g/mol. The molecule has 0 saturated heterocycles. The molecule has 0 spiro atoms. The third kappa shape index (κ3) is 2.37. The molecule has 15 heavy (non-hydrogen) atoms. The van der Waals surface area contributed by atoms with Crippen LogP contribution in [0.5, 0.6) is 0 Å². The number of nitrogens with two attached hydrogens (primary N) is 1. The Morgan fingerprint density at radius 3 is 2.27 bits per heavy atom. The van der Waals surface area contributed by atoms with Gasteiger partial charge in [0.15, 0.2) is 0 Å². The summed E-state index contributed by atoms with van der Waals surface area (Å²) in [5, 5.41) is 0. The van der Waals surface area contributed by atoms with Crippen molar-refractivity contribution in [1.29, 1.82) is 0 Å². The number of rotatable bonds is 3. The quantitative estimate of drug-likeness (QED) is 0.786. The van der Waals surface area contributed by atoms with E-state index < -0.39 is 10.2 Å². The summed E-state index contributed by atoms with van der Waals surface area (Å²) in [6.07, 6.45) is 1.41. The molecule has 0 unspecified atom stereocenters. The lowest BCUT2D eigenvalue weighted by Crippen LogP contribution is -2.37. The van der Waals surface area contributed by atoms with Crippen molar-refractivity contribution in [2.75, 3.05) is 31.2 Å². The number of nitrogen functional groups attached to an aromatic ring is 1. The van der Waals surface area contributed by atoms with Gasteiger partial charge in [-0.1, -0.05) is 0 Å². The Morgan fingerprint density at radius 1 is 1.27 bits per heavy atom. The molecule has 1 aromatic heterocycles. The summed E-state index contributed by atoms with van der Waals surface area (Å²) in [6, 6.07) is 3.15. The van der Waals surface area contributed by atoms with Crippen molar-refractivity contribution in [3.63, 3.8) is 0 Å². The minimum atomic E-state index is -3.48. The molecule has 1 rings (SSSR count). The molecule has 0 aliphatic carbocycles. The Labute approximate surface area is 89.5 Å². The monoisotopic (exact) mass is 230 g/mol. The van der Waals surface area contributed by atoms with Crippen LogP contribution in [0.1, 0.15) is 0 Å². The van der Waals surface area contributed by atoms with E-state index in [9.17, 15) is 8.42 Å². The van der Waals surface area contributed by atoms with Crippen molar-refractivity contribution in [2.45, 2.75) is 0 Å². The second-order valence-corrected chi connectivity index (χ2v) is 5.38. The number of pyridine rings is 1. The summed E-state index contributed by atoms with van der Waals surface area (Å²) in [5.74, 6) is 0.331. The topological polar surface area (TPSA) is 79.5 Å². The Balaban J connectivity index is 3.05. The van der Waals surface area contributed by atoms with Crippen LogP contribution in [-0.4, -0.2) is 38.9 Å². The Morgan fingerprint density at radius 2 is 1.87 bits per heavy atom. The molecule has 1 heterocycles. The van der Waals surface area contributed by atoms with Crippen molar-refractivity contribution < 1.29 is 8.42 Å². The van der Waals surface area contributed by atoms with Gasteiger partial charge in [-0.25, -0.2) is 9.29 Å². The highest BCUT2D eigenvalue weighted by molar-refractivity contribution is 7.90. The minimum absolute atomic E-state index is 0.331. The van der Waals surface area contributed by atoms with Gasteiger partial charge < -0.3 is 5.73 Å². The molecule has 0 aliphatic heterocycles. The van der Waals surface area contributed by atoms with Crippen LogP contribution < -0.4 is 10.0 Å². The van der Waals surface area contributed by atoms with Crippen LogP contribution in [0.3, 0.4) is 0 Å². The maximum absolute atomic E-state index is 11.7. The molecule has 0 fully saturated rings. The normalized spacial score (nSPS) is 11.7. The zero-order valence-corrected chi connectivity index (χ0v) is 9.69. The van der Waals surface area contributed by atoms with Gasteiger partial charge in [-0.3, -0.25) is 0 Å². The summed E-state index contributed by atoms with van der Waals surface area (Å²) in [4.78, 5) is 3.92. The molecular weight excluding hydrogens is 216 g/mol. The first-order valence-corrected chi connectivity index (χ1v) is 5.63. The van der Waals surface area contributed by atoms with E-state index in [-0.39, 0.29) is 0 Å². The van der Waals surface area contributed by atoms with E-state index in [2.05, 4.69) is 4.98 Å². The predicted molar refractivity (Wildman–Crippen MR) is 59.7 cm³/mol. The van der Waals surface area contributed by atoms with E-state index in [1.807, 2.05) is 0 Å². The summed E-state index contributed by atoms with van der Waals surface area (Å²) < 4.78 is 25.6.